The van der Waals surface area contributed by atoms with E-state index in [0.29, 0.717) is 25.3 Å². The van der Waals surface area contributed by atoms with Crippen molar-refractivity contribution in [2.75, 3.05) is 24.6 Å². The molecular formula is C16H27N3O3S2. The van der Waals surface area contributed by atoms with E-state index in [1.807, 2.05) is 37.4 Å². The van der Waals surface area contributed by atoms with Crippen molar-refractivity contribution >= 4 is 41.6 Å². The van der Waals surface area contributed by atoms with E-state index in [0.717, 1.165) is 17.8 Å². The maximum atomic E-state index is 12.5. The standard InChI is InChI=1S/C16H27N3O3S2/c1-11(2)6-13(17)15(22)18-8-14(21)19-10-16(7-12(19)9-20)23-4-3-5-24-16/h9,11-13H,3-8,10,17H2,1-2H3,(H,18,22)/t12-,13?/m0/s1. The van der Waals surface area contributed by atoms with Crippen molar-refractivity contribution in [1.82, 2.24) is 10.2 Å². The number of hydrogen-bond acceptors (Lipinski definition) is 6. The molecule has 2 heterocycles. The van der Waals surface area contributed by atoms with Gasteiger partial charge in [-0.05, 0) is 30.3 Å². The summed E-state index contributed by atoms with van der Waals surface area (Å²) in [6.07, 6.45) is 3.30. The SMILES string of the molecule is CC(C)CC(N)C(=O)NCC(=O)N1CC2(C[C@H]1C=O)SCCCS2. The Balaban J connectivity index is 1.89. The van der Waals surface area contributed by atoms with Gasteiger partial charge in [0, 0.05) is 13.0 Å². The van der Waals surface area contributed by atoms with Gasteiger partial charge in [0.15, 0.2) is 0 Å². The second-order valence-electron chi connectivity index (χ2n) is 6.84. The Morgan fingerprint density at radius 3 is 2.62 bits per heavy atom. The molecule has 2 aliphatic rings. The lowest BCUT2D eigenvalue weighted by Gasteiger charge is -2.31. The second-order valence-corrected chi connectivity index (χ2v) is 10.1. The van der Waals surface area contributed by atoms with E-state index in [9.17, 15) is 14.4 Å². The molecule has 2 atom stereocenters. The molecular weight excluding hydrogens is 346 g/mol. The Bertz CT molecular complexity index is 481. The molecule has 2 rings (SSSR count). The van der Waals surface area contributed by atoms with E-state index in [-0.39, 0.29) is 22.4 Å². The van der Waals surface area contributed by atoms with Crippen LogP contribution >= 0.6 is 23.5 Å². The third kappa shape index (κ3) is 4.89. The third-order valence-corrected chi connectivity index (χ3v) is 7.64. The summed E-state index contributed by atoms with van der Waals surface area (Å²) in [6.45, 7) is 4.46. The summed E-state index contributed by atoms with van der Waals surface area (Å²) in [7, 11) is 0. The summed E-state index contributed by atoms with van der Waals surface area (Å²) in [4.78, 5) is 37.5. The molecule has 6 nitrogen and oxygen atoms in total. The van der Waals surface area contributed by atoms with Gasteiger partial charge in [-0.15, -0.1) is 23.5 Å². The van der Waals surface area contributed by atoms with Crippen LogP contribution in [0.15, 0.2) is 0 Å². The lowest BCUT2D eigenvalue weighted by molar-refractivity contribution is -0.135. The monoisotopic (exact) mass is 373 g/mol. The van der Waals surface area contributed by atoms with Crippen molar-refractivity contribution < 1.29 is 14.4 Å². The van der Waals surface area contributed by atoms with E-state index in [1.54, 1.807) is 4.90 Å². The number of carbonyl (C=O) groups is 3. The maximum absolute atomic E-state index is 12.5. The van der Waals surface area contributed by atoms with Crippen LogP contribution in [0.4, 0.5) is 0 Å². The smallest absolute Gasteiger partial charge is 0.242 e. The van der Waals surface area contributed by atoms with Crippen LogP contribution in [0.3, 0.4) is 0 Å². The Hall–Kier alpha value is -0.730. The first-order valence-corrected chi connectivity index (χ1v) is 10.4. The number of likely N-dealkylation sites (tertiary alicyclic amines) is 1. The van der Waals surface area contributed by atoms with Gasteiger partial charge in [-0.2, -0.15) is 0 Å². The van der Waals surface area contributed by atoms with Gasteiger partial charge in [0.05, 0.1) is 22.7 Å². The molecule has 0 bridgehead atoms. The minimum Gasteiger partial charge on any atom is -0.346 e. The largest absolute Gasteiger partial charge is 0.346 e. The van der Waals surface area contributed by atoms with Crippen molar-refractivity contribution in [2.45, 2.75) is 49.3 Å². The van der Waals surface area contributed by atoms with Gasteiger partial charge < -0.3 is 20.7 Å². The molecule has 0 aromatic heterocycles. The topological polar surface area (TPSA) is 92.5 Å². The molecule has 0 aromatic carbocycles. The zero-order valence-electron chi connectivity index (χ0n) is 14.3. The number of thioether (sulfide) groups is 2. The van der Waals surface area contributed by atoms with Crippen LogP contribution in [0.2, 0.25) is 0 Å². The van der Waals surface area contributed by atoms with Crippen LogP contribution in [-0.4, -0.2) is 63.8 Å². The normalized spacial score (nSPS) is 24.2. The lowest BCUT2D eigenvalue weighted by atomic mass is 10.0. The molecule has 0 aromatic rings. The summed E-state index contributed by atoms with van der Waals surface area (Å²) < 4.78 is -0.0580. The number of nitrogens with two attached hydrogens (primary N) is 1. The van der Waals surface area contributed by atoms with Crippen LogP contribution in [0.25, 0.3) is 0 Å². The molecule has 8 heteroatoms. The zero-order chi connectivity index (χ0) is 17.7. The summed E-state index contributed by atoms with van der Waals surface area (Å²) in [5.74, 6) is 1.94. The Morgan fingerprint density at radius 2 is 2.04 bits per heavy atom. The quantitative estimate of drug-likeness (QED) is 0.671. The highest BCUT2D eigenvalue weighted by Crippen LogP contribution is 2.49. The number of aldehydes is 1. The first kappa shape index (κ1) is 19.6. The molecule has 2 saturated heterocycles. The average Bonchev–Trinajstić information content (AvgIpc) is 2.90. The molecule has 3 N–H and O–H groups in total. The minimum atomic E-state index is -0.603. The van der Waals surface area contributed by atoms with E-state index >= 15 is 0 Å². The molecule has 0 aliphatic carbocycles. The highest BCUT2D eigenvalue weighted by molar-refractivity contribution is 8.18. The summed E-state index contributed by atoms with van der Waals surface area (Å²) in [5, 5.41) is 2.62. The van der Waals surface area contributed by atoms with Gasteiger partial charge in [-0.25, -0.2) is 0 Å². The second kappa shape index (κ2) is 8.58. The number of rotatable bonds is 6. The molecule has 1 unspecified atom stereocenters. The number of amides is 2. The Labute approximate surface area is 152 Å². The van der Waals surface area contributed by atoms with Gasteiger partial charge in [0.2, 0.25) is 11.8 Å². The fraction of sp³-hybridized carbons (Fsp3) is 0.812. The van der Waals surface area contributed by atoms with Crippen molar-refractivity contribution in [2.24, 2.45) is 11.7 Å². The molecule has 24 heavy (non-hydrogen) atoms. The number of carbonyl (C=O) groups excluding carboxylic acids is 3. The number of hydrogen-bond donors (Lipinski definition) is 2. The molecule has 2 aliphatic heterocycles. The summed E-state index contributed by atoms with van der Waals surface area (Å²) in [5.41, 5.74) is 5.82. The molecule has 1 spiro atoms. The molecule has 2 amide bonds. The average molecular weight is 374 g/mol. The van der Waals surface area contributed by atoms with Crippen LogP contribution in [0.1, 0.15) is 33.1 Å². The van der Waals surface area contributed by atoms with Gasteiger partial charge in [0.1, 0.15) is 6.29 Å². The Kier molecular flexibility index (Phi) is 7.00. The van der Waals surface area contributed by atoms with Crippen LogP contribution < -0.4 is 11.1 Å². The fourth-order valence-electron chi connectivity index (χ4n) is 3.10. The van der Waals surface area contributed by atoms with Crippen LogP contribution in [-0.2, 0) is 14.4 Å². The van der Waals surface area contributed by atoms with Gasteiger partial charge in [0.25, 0.3) is 0 Å². The van der Waals surface area contributed by atoms with E-state index in [4.69, 9.17) is 5.73 Å². The Morgan fingerprint density at radius 1 is 1.38 bits per heavy atom. The summed E-state index contributed by atoms with van der Waals surface area (Å²) >= 11 is 3.70. The van der Waals surface area contributed by atoms with Gasteiger partial charge >= 0.3 is 0 Å². The van der Waals surface area contributed by atoms with Crippen LogP contribution in [0.5, 0.6) is 0 Å². The van der Waals surface area contributed by atoms with Crippen LogP contribution in [0, 0.1) is 5.92 Å². The van der Waals surface area contributed by atoms with E-state index < -0.39 is 12.1 Å². The van der Waals surface area contributed by atoms with E-state index in [1.165, 1.54) is 6.42 Å². The van der Waals surface area contributed by atoms with Crippen molar-refractivity contribution in [3.05, 3.63) is 0 Å². The highest BCUT2D eigenvalue weighted by atomic mass is 32.2. The fourth-order valence-corrected chi connectivity index (χ4v) is 6.48. The maximum Gasteiger partial charge on any atom is 0.242 e. The highest BCUT2D eigenvalue weighted by Gasteiger charge is 2.47. The number of nitrogens with zero attached hydrogens (tertiary/aromatic N) is 1. The lowest BCUT2D eigenvalue weighted by Crippen LogP contribution is -2.48. The first-order valence-electron chi connectivity index (χ1n) is 8.43. The van der Waals surface area contributed by atoms with Crippen molar-refractivity contribution in [3.63, 3.8) is 0 Å². The summed E-state index contributed by atoms with van der Waals surface area (Å²) in [6, 6.07) is -0.995. The van der Waals surface area contributed by atoms with Gasteiger partial charge in [-0.1, -0.05) is 13.8 Å². The molecule has 0 saturated carbocycles. The third-order valence-electron chi connectivity index (χ3n) is 4.30. The first-order chi connectivity index (χ1) is 11.4. The molecule has 136 valence electrons. The minimum absolute atomic E-state index is 0.0580. The number of nitrogens with one attached hydrogen (secondary N) is 1. The zero-order valence-corrected chi connectivity index (χ0v) is 16.0. The predicted octanol–water partition coefficient (Wildman–Crippen LogP) is 0.842. The predicted molar refractivity (Wildman–Crippen MR) is 98.9 cm³/mol. The van der Waals surface area contributed by atoms with Crippen molar-refractivity contribution in [3.8, 4) is 0 Å². The van der Waals surface area contributed by atoms with E-state index in [2.05, 4.69) is 5.32 Å². The van der Waals surface area contributed by atoms with Crippen molar-refractivity contribution in [1.29, 1.82) is 0 Å². The molecule has 2 fully saturated rings. The molecule has 0 radical (unpaired) electrons. The van der Waals surface area contributed by atoms with Gasteiger partial charge in [-0.3, -0.25) is 9.59 Å².